The van der Waals surface area contributed by atoms with Crippen molar-refractivity contribution in [1.82, 2.24) is 4.57 Å². The predicted molar refractivity (Wildman–Crippen MR) is 126 cm³/mol. The van der Waals surface area contributed by atoms with Gasteiger partial charge in [-0.25, -0.2) is 11.1 Å². The minimum absolute atomic E-state index is 0. The Morgan fingerprint density at radius 3 is 1.33 bits per heavy atom. The number of hydrogen-bond donors (Lipinski definition) is 0. The van der Waals surface area contributed by atoms with E-state index < -0.39 is 0 Å². The molecule has 30 heavy (non-hydrogen) atoms. The van der Waals surface area contributed by atoms with Crippen LogP contribution in [-0.2, 0) is 28.1 Å². The summed E-state index contributed by atoms with van der Waals surface area (Å²) in [7, 11) is 2.12. The van der Waals surface area contributed by atoms with Crippen LogP contribution in [0.15, 0.2) is 97.1 Å². The zero-order valence-corrected chi connectivity index (χ0v) is 20.7. The van der Waals surface area contributed by atoms with Gasteiger partial charge in [0.05, 0.1) is 0 Å². The van der Waals surface area contributed by atoms with Gasteiger partial charge in [0.25, 0.3) is 0 Å². The number of aryl methyl sites for hydroxylation is 1. The maximum atomic E-state index is 3.15. The molecule has 1 nitrogen and oxygen atoms in total. The molecule has 0 saturated heterocycles. The monoisotopic (exact) mass is 561 g/mol. The van der Waals surface area contributed by atoms with Crippen molar-refractivity contribution in [2.45, 2.75) is 20.3 Å². The first-order valence-corrected chi connectivity index (χ1v) is 10.1. The summed E-state index contributed by atoms with van der Waals surface area (Å²) in [5.41, 5.74) is 4.79. The fourth-order valence-electron chi connectivity index (χ4n) is 3.24. The predicted octanol–water partition coefficient (Wildman–Crippen LogP) is 7.70. The molecule has 0 spiro atoms. The summed E-state index contributed by atoms with van der Waals surface area (Å²) >= 11 is 0. The first-order valence-electron chi connectivity index (χ1n) is 10.1. The Morgan fingerprint density at radius 1 is 0.600 bits per heavy atom. The van der Waals surface area contributed by atoms with Crippen molar-refractivity contribution in [3.8, 4) is 11.1 Å². The van der Waals surface area contributed by atoms with Gasteiger partial charge in [0.1, 0.15) is 0 Å². The van der Waals surface area contributed by atoms with E-state index in [-0.39, 0.29) is 21.1 Å². The van der Waals surface area contributed by atoms with Crippen LogP contribution in [0.3, 0.4) is 0 Å². The minimum atomic E-state index is 0. The van der Waals surface area contributed by atoms with Crippen LogP contribution >= 0.6 is 0 Å². The van der Waals surface area contributed by atoms with Crippen molar-refractivity contribution < 1.29 is 21.1 Å². The number of nitrogens with zero attached hydrogens (tertiary/aromatic N) is 1. The molecular weight excluding hydrogens is 534 g/mol. The molecular formula is C28H27NW. The van der Waals surface area contributed by atoms with E-state index in [2.05, 4.69) is 86.1 Å². The molecule has 0 aliphatic carbocycles. The van der Waals surface area contributed by atoms with E-state index >= 15 is 0 Å². The van der Waals surface area contributed by atoms with E-state index in [0.717, 1.165) is 11.1 Å². The van der Waals surface area contributed by atoms with Gasteiger partial charge in [-0.2, -0.15) is 48.5 Å². The zero-order chi connectivity index (χ0) is 20.5. The SMILES string of the molecule is CCC.Cn1c2ccccc2c2ccccc21.[W+2].[c-]1ccccc1-c1[c-]cccc1. The topological polar surface area (TPSA) is 4.93 Å². The maximum absolute atomic E-state index is 3.15. The van der Waals surface area contributed by atoms with Gasteiger partial charge < -0.3 is 4.57 Å². The van der Waals surface area contributed by atoms with Gasteiger partial charge in [0.2, 0.25) is 0 Å². The largest absolute Gasteiger partial charge is 2.00 e. The summed E-state index contributed by atoms with van der Waals surface area (Å²) in [6.45, 7) is 4.25. The number of hydrogen-bond acceptors (Lipinski definition) is 0. The standard InChI is InChI=1S/C13H11N.C12H8.C3H8.W/c1-14-12-8-4-2-6-10(12)11-7-3-5-9-13(11)14;1-3-7-11(8-4-1)12-9-5-2-6-10-12;1-3-2;/h2-9H,1H3;1-7,9H;3H2,1-2H3;/q;-2;;+2. The number of fused-ring (bicyclic) bond motifs is 3. The van der Waals surface area contributed by atoms with Crippen molar-refractivity contribution >= 4 is 21.8 Å². The molecule has 2 heteroatoms. The maximum Gasteiger partial charge on any atom is 2.00 e. The van der Waals surface area contributed by atoms with Gasteiger partial charge in [-0.3, -0.25) is 0 Å². The quantitative estimate of drug-likeness (QED) is 0.185. The molecule has 0 unspecified atom stereocenters. The summed E-state index contributed by atoms with van der Waals surface area (Å²) in [5.74, 6) is 0. The van der Waals surface area contributed by atoms with Gasteiger partial charge in [-0.15, -0.1) is 12.1 Å². The van der Waals surface area contributed by atoms with E-state index in [4.69, 9.17) is 0 Å². The van der Waals surface area contributed by atoms with Crippen molar-refractivity contribution in [3.05, 3.63) is 109 Å². The number of rotatable bonds is 1. The summed E-state index contributed by atoms with van der Waals surface area (Å²) in [6, 6.07) is 39.2. The Balaban J connectivity index is 0.000000186. The number of benzene rings is 4. The Kier molecular flexibility index (Phi) is 9.58. The molecule has 1 aromatic heterocycles. The van der Waals surface area contributed by atoms with E-state index in [1.807, 2.05) is 48.5 Å². The van der Waals surface area contributed by atoms with Crippen LogP contribution in [0.25, 0.3) is 32.9 Å². The summed E-state index contributed by atoms with van der Waals surface area (Å²) in [6.07, 6.45) is 1.25. The smallest absolute Gasteiger partial charge is 0.344 e. The summed E-state index contributed by atoms with van der Waals surface area (Å²) in [5, 5.41) is 2.68. The summed E-state index contributed by atoms with van der Waals surface area (Å²) in [4.78, 5) is 0. The molecule has 0 N–H and O–H groups in total. The third-order valence-corrected chi connectivity index (χ3v) is 4.53. The van der Waals surface area contributed by atoms with Crippen LogP contribution in [0.2, 0.25) is 0 Å². The van der Waals surface area contributed by atoms with Crippen molar-refractivity contribution in [1.29, 1.82) is 0 Å². The van der Waals surface area contributed by atoms with Crippen LogP contribution in [0.4, 0.5) is 0 Å². The van der Waals surface area contributed by atoms with E-state index in [1.54, 1.807) is 0 Å². The average Bonchev–Trinajstić information content (AvgIpc) is 3.09. The average molecular weight is 561 g/mol. The van der Waals surface area contributed by atoms with Crippen LogP contribution in [0.5, 0.6) is 0 Å². The number of para-hydroxylation sites is 2. The third-order valence-electron chi connectivity index (χ3n) is 4.53. The van der Waals surface area contributed by atoms with Crippen molar-refractivity contribution in [2.75, 3.05) is 0 Å². The minimum Gasteiger partial charge on any atom is -0.344 e. The van der Waals surface area contributed by atoms with Gasteiger partial charge >= 0.3 is 21.1 Å². The molecule has 0 radical (unpaired) electrons. The molecule has 0 amide bonds. The molecule has 0 bridgehead atoms. The van der Waals surface area contributed by atoms with Crippen molar-refractivity contribution in [2.24, 2.45) is 7.05 Å². The molecule has 4 aromatic carbocycles. The fourth-order valence-corrected chi connectivity index (χ4v) is 3.24. The Hall–Kier alpha value is -2.63. The Morgan fingerprint density at radius 2 is 0.967 bits per heavy atom. The fraction of sp³-hybridized carbons (Fsp3) is 0.143. The molecule has 5 aromatic rings. The third kappa shape index (κ3) is 5.71. The Labute approximate surface area is 194 Å². The molecule has 0 aliphatic rings. The van der Waals surface area contributed by atoms with Gasteiger partial charge in [-0.05, 0) is 12.1 Å². The molecule has 0 saturated carbocycles. The second kappa shape index (κ2) is 12.2. The molecule has 0 aliphatic heterocycles. The molecule has 0 fully saturated rings. The van der Waals surface area contributed by atoms with Crippen LogP contribution in [-0.4, -0.2) is 4.57 Å². The van der Waals surface area contributed by atoms with E-state index in [1.165, 1.54) is 28.2 Å². The molecule has 1 heterocycles. The van der Waals surface area contributed by atoms with Crippen LogP contribution in [0.1, 0.15) is 20.3 Å². The normalized spacial score (nSPS) is 9.70. The molecule has 0 atom stereocenters. The summed E-state index contributed by atoms with van der Waals surface area (Å²) < 4.78 is 2.24. The second-order valence-corrected chi connectivity index (χ2v) is 6.85. The van der Waals surface area contributed by atoms with Gasteiger partial charge in [0.15, 0.2) is 0 Å². The van der Waals surface area contributed by atoms with Gasteiger partial charge in [0, 0.05) is 28.9 Å². The van der Waals surface area contributed by atoms with Crippen LogP contribution < -0.4 is 0 Å². The first kappa shape index (κ1) is 23.6. The Bertz CT molecular complexity index is 1050. The zero-order valence-electron chi connectivity index (χ0n) is 17.8. The van der Waals surface area contributed by atoms with E-state index in [9.17, 15) is 0 Å². The van der Waals surface area contributed by atoms with Crippen LogP contribution in [0, 0.1) is 12.1 Å². The number of aromatic nitrogens is 1. The molecule has 150 valence electrons. The van der Waals surface area contributed by atoms with Crippen molar-refractivity contribution in [3.63, 3.8) is 0 Å². The van der Waals surface area contributed by atoms with E-state index in [0.29, 0.717) is 0 Å². The van der Waals surface area contributed by atoms with Gasteiger partial charge in [-0.1, -0.05) is 56.7 Å². The second-order valence-electron chi connectivity index (χ2n) is 6.85. The molecule has 5 rings (SSSR count). The first-order chi connectivity index (χ1) is 14.3.